The summed E-state index contributed by atoms with van der Waals surface area (Å²) in [7, 11) is 1.62. The summed E-state index contributed by atoms with van der Waals surface area (Å²) in [5, 5.41) is 11.9. The van der Waals surface area contributed by atoms with Crippen LogP contribution in [0.1, 0.15) is 25.6 Å². The van der Waals surface area contributed by atoms with Crippen molar-refractivity contribution < 1.29 is 14.3 Å². The average Bonchev–Trinajstić information content (AvgIpc) is 3.42. The third kappa shape index (κ3) is 5.26. The first-order valence-corrected chi connectivity index (χ1v) is 9.75. The number of nitrogens with one attached hydrogen (secondary N) is 1. The molecule has 1 fully saturated rings. The summed E-state index contributed by atoms with van der Waals surface area (Å²) < 4.78 is 12.9. The molecular weight excluding hydrogens is 364 g/mol. The standard InChI is InChI=1S/C19H24N4O3S/c1-4-11-23-17(12-26-16-9-7-15(25-3)8-10-16)21-22-19(23)27-13(2)18(24)20-14-5-6-14/h4,7-10,13-14H,1,5-6,11-12H2,2-3H3,(H,20,24)/t13-/m1/s1. The van der Waals surface area contributed by atoms with Gasteiger partial charge in [0.1, 0.15) is 18.1 Å². The van der Waals surface area contributed by atoms with Gasteiger partial charge in [0.2, 0.25) is 5.91 Å². The van der Waals surface area contributed by atoms with Crippen LogP contribution in [0.5, 0.6) is 11.5 Å². The maximum atomic E-state index is 12.2. The SMILES string of the molecule is C=CCn1c(COc2ccc(OC)cc2)nnc1S[C@H](C)C(=O)NC1CC1. The smallest absolute Gasteiger partial charge is 0.233 e. The molecule has 27 heavy (non-hydrogen) atoms. The van der Waals surface area contributed by atoms with Crippen molar-refractivity contribution in [1.29, 1.82) is 0 Å². The molecule has 3 rings (SSSR count). The zero-order valence-electron chi connectivity index (χ0n) is 15.6. The molecule has 0 radical (unpaired) electrons. The highest BCUT2D eigenvalue weighted by Gasteiger charge is 2.27. The molecule has 0 unspecified atom stereocenters. The average molecular weight is 388 g/mol. The molecule has 0 aliphatic heterocycles. The molecule has 0 spiro atoms. The lowest BCUT2D eigenvalue weighted by molar-refractivity contribution is -0.120. The molecule has 144 valence electrons. The van der Waals surface area contributed by atoms with E-state index in [1.807, 2.05) is 35.8 Å². The number of hydrogen-bond acceptors (Lipinski definition) is 6. The fourth-order valence-corrected chi connectivity index (χ4v) is 3.29. The van der Waals surface area contributed by atoms with Gasteiger partial charge in [-0.1, -0.05) is 17.8 Å². The lowest BCUT2D eigenvalue weighted by atomic mass is 10.3. The van der Waals surface area contributed by atoms with Gasteiger partial charge in [-0.05, 0) is 44.0 Å². The van der Waals surface area contributed by atoms with Crippen LogP contribution in [0, 0.1) is 0 Å². The molecule has 1 aromatic heterocycles. The van der Waals surface area contributed by atoms with E-state index in [9.17, 15) is 4.79 Å². The van der Waals surface area contributed by atoms with Crippen LogP contribution < -0.4 is 14.8 Å². The molecular formula is C19H24N4O3S. The predicted molar refractivity (Wildman–Crippen MR) is 104 cm³/mol. The number of thioether (sulfide) groups is 1. The van der Waals surface area contributed by atoms with Gasteiger partial charge in [0, 0.05) is 12.6 Å². The van der Waals surface area contributed by atoms with Gasteiger partial charge >= 0.3 is 0 Å². The number of methoxy groups -OCH3 is 1. The maximum absolute atomic E-state index is 12.2. The van der Waals surface area contributed by atoms with Crippen molar-refractivity contribution in [3.05, 3.63) is 42.7 Å². The molecule has 1 atom stereocenters. The van der Waals surface area contributed by atoms with Crippen LogP contribution in [0.4, 0.5) is 0 Å². The molecule has 1 heterocycles. The van der Waals surface area contributed by atoms with Gasteiger partial charge in [-0.25, -0.2) is 0 Å². The summed E-state index contributed by atoms with van der Waals surface area (Å²) in [6.45, 7) is 6.50. The third-order valence-corrected chi connectivity index (χ3v) is 5.19. The van der Waals surface area contributed by atoms with E-state index in [-0.39, 0.29) is 17.8 Å². The van der Waals surface area contributed by atoms with E-state index in [1.165, 1.54) is 11.8 Å². The highest BCUT2D eigenvalue weighted by Crippen LogP contribution is 2.25. The zero-order chi connectivity index (χ0) is 19.2. The monoisotopic (exact) mass is 388 g/mol. The van der Waals surface area contributed by atoms with Crippen LogP contribution >= 0.6 is 11.8 Å². The van der Waals surface area contributed by atoms with Crippen LogP contribution in [0.25, 0.3) is 0 Å². The van der Waals surface area contributed by atoms with Gasteiger partial charge in [0.25, 0.3) is 0 Å². The second-order valence-electron chi connectivity index (χ2n) is 6.31. The minimum absolute atomic E-state index is 0.0340. The van der Waals surface area contributed by atoms with Gasteiger partial charge in [-0.2, -0.15) is 0 Å². The van der Waals surface area contributed by atoms with E-state index < -0.39 is 0 Å². The van der Waals surface area contributed by atoms with E-state index in [2.05, 4.69) is 22.1 Å². The molecule has 1 saturated carbocycles. The van der Waals surface area contributed by atoms with E-state index in [0.717, 1.165) is 24.3 Å². The Balaban J connectivity index is 1.64. The topological polar surface area (TPSA) is 78.3 Å². The Morgan fingerprint density at radius 1 is 1.37 bits per heavy atom. The lowest BCUT2D eigenvalue weighted by Gasteiger charge is -2.13. The van der Waals surface area contributed by atoms with Crippen LogP contribution in [-0.4, -0.2) is 39.1 Å². The van der Waals surface area contributed by atoms with Crippen LogP contribution in [0.2, 0.25) is 0 Å². The normalized spacial score (nSPS) is 14.4. The Labute approximate surface area is 163 Å². The summed E-state index contributed by atoms with van der Waals surface area (Å²) in [6, 6.07) is 7.70. The predicted octanol–water partition coefficient (Wildman–Crippen LogP) is 2.81. The Morgan fingerprint density at radius 2 is 2.07 bits per heavy atom. The number of carbonyl (C=O) groups excluding carboxylic acids is 1. The van der Waals surface area contributed by atoms with Crippen molar-refractivity contribution in [3.8, 4) is 11.5 Å². The molecule has 0 bridgehead atoms. The first kappa shape index (κ1) is 19.3. The second kappa shape index (κ2) is 8.94. The van der Waals surface area contributed by atoms with E-state index in [4.69, 9.17) is 9.47 Å². The van der Waals surface area contributed by atoms with Crippen molar-refractivity contribution in [1.82, 2.24) is 20.1 Å². The Hall–Kier alpha value is -2.48. The summed E-state index contributed by atoms with van der Waals surface area (Å²) in [4.78, 5) is 12.2. The molecule has 7 nitrogen and oxygen atoms in total. The van der Waals surface area contributed by atoms with Gasteiger partial charge in [-0.3, -0.25) is 9.36 Å². The molecule has 1 N–H and O–H groups in total. The minimum atomic E-state index is -0.242. The van der Waals surface area contributed by atoms with Crippen molar-refractivity contribution in [2.75, 3.05) is 7.11 Å². The van der Waals surface area contributed by atoms with Gasteiger partial charge < -0.3 is 14.8 Å². The number of nitrogens with zero attached hydrogens (tertiary/aromatic N) is 3. The summed E-state index contributed by atoms with van der Waals surface area (Å²) in [6.07, 6.45) is 3.92. The number of hydrogen-bond donors (Lipinski definition) is 1. The van der Waals surface area contributed by atoms with Crippen molar-refractivity contribution in [3.63, 3.8) is 0 Å². The Morgan fingerprint density at radius 3 is 2.70 bits per heavy atom. The van der Waals surface area contributed by atoms with Gasteiger partial charge in [0.05, 0.1) is 12.4 Å². The minimum Gasteiger partial charge on any atom is -0.497 e. The molecule has 1 aliphatic carbocycles. The molecule has 2 aromatic rings. The van der Waals surface area contributed by atoms with Crippen molar-refractivity contribution in [2.24, 2.45) is 0 Å². The van der Waals surface area contributed by atoms with Crippen molar-refractivity contribution in [2.45, 2.75) is 49.4 Å². The van der Waals surface area contributed by atoms with Crippen LogP contribution in [0.15, 0.2) is 42.1 Å². The Kier molecular flexibility index (Phi) is 6.39. The highest BCUT2D eigenvalue weighted by atomic mass is 32.2. The number of amides is 1. The number of rotatable bonds is 10. The quantitative estimate of drug-likeness (QED) is 0.498. The zero-order valence-corrected chi connectivity index (χ0v) is 16.4. The number of benzene rings is 1. The summed E-state index contributed by atoms with van der Waals surface area (Å²) in [5.41, 5.74) is 0. The Bertz CT molecular complexity index is 787. The second-order valence-corrected chi connectivity index (χ2v) is 7.61. The van der Waals surface area contributed by atoms with Gasteiger partial charge in [-0.15, -0.1) is 16.8 Å². The highest BCUT2D eigenvalue weighted by molar-refractivity contribution is 8.00. The third-order valence-electron chi connectivity index (χ3n) is 4.11. The van der Waals surface area contributed by atoms with Gasteiger partial charge in [0.15, 0.2) is 11.0 Å². The number of allylic oxidation sites excluding steroid dienone is 1. The maximum Gasteiger partial charge on any atom is 0.233 e. The van der Waals surface area contributed by atoms with E-state index >= 15 is 0 Å². The summed E-state index contributed by atoms with van der Waals surface area (Å²) in [5.74, 6) is 2.21. The number of aromatic nitrogens is 3. The molecule has 1 amide bonds. The molecule has 1 aromatic carbocycles. The molecule has 8 heteroatoms. The first-order chi connectivity index (χ1) is 13.1. The first-order valence-electron chi connectivity index (χ1n) is 8.87. The van der Waals surface area contributed by atoms with E-state index in [1.54, 1.807) is 13.2 Å². The number of carbonyl (C=O) groups is 1. The lowest BCUT2D eigenvalue weighted by Crippen LogP contribution is -2.32. The fraction of sp³-hybridized carbons (Fsp3) is 0.421. The largest absolute Gasteiger partial charge is 0.497 e. The summed E-state index contributed by atoms with van der Waals surface area (Å²) >= 11 is 1.39. The molecule has 0 saturated heterocycles. The number of ether oxygens (including phenoxy) is 2. The van der Waals surface area contributed by atoms with Crippen LogP contribution in [-0.2, 0) is 17.9 Å². The fourth-order valence-electron chi connectivity index (χ4n) is 2.40. The van der Waals surface area contributed by atoms with E-state index in [0.29, 0.717) is 23.6 Å². The van der Waals surface area contributed by atoms with Crippen LogP contribution in [0.3, 0.4) is 0 Å². The molecule has 1 aliphatic rings. The van der Waals surface area contributed by atoms with Crippen molar-refractivity contribution >= 4 is 17.7 Å².